The molecule has 0 saturated heterocycles. The van der Waals surface area contributed by atoms with Crippen molar-refractivity contribution in [3.8, 4) is 5.75 Å². The second-order valence-corrected chi connectivity index (χ2v) is 9.17. The quantitative estimate of drug-likeness (QED) is 0.692. The molecule has 0 heterocycles. The number of rotatable bonds is 5. The first kappa shape index (κ1) is 17.2. The minimum absolute atomic E-state index is 0.0797. The summed E-state index contributed by atoms with van der Waals surface area (Å²) in [5.41, 5.74) is -0.457. The zero-order valence-corrected chi connectivity index (χ0v) is 14.5. The van der Waals surface area contributed by atoms with Gasteiger partial charge in [0.25, 0.3) is 0 Å². The van der Waals surface area contributed by atoms with E-state index in [0.717, 1.165) is 32.1 Å². The van der Waals surface area contributed by atoms with Crippen molar-refractivity contribution in [1.82, 2.24) is 0 Å². The lowest BCUT2D eigenvalue weighted by Crippen LogP contribution is -2.36. The van der Waals surface area contributed by atoms with Gasteiger partial charge in [-0.3, -0.25) is 0 Å². The van der Waals surface area contributed by atoms with Gasteiger partial charge in [-0.1, -0.05) is 48.5 Å². The Morgan fingerprint density at radius 1 is 1.10 bits per heavy atom. The van der Waals surface area contributed by atoms with Gasteiger partial charge in [0.15, 0.2) is 5.75 Å². The molecule has 3 nitrogen and oxygen atoms in total. The lowest BCUT2D eigenvalue weighted by atomic mass is 9.76. The normalized spacial score (nSPS) is 18.4. The smallest absolute Gasteiger partial charge is 0.233 e. The highest BCUT2D eigenvalue weighted by molar-refractivity contribution is 8.13. The predicted molar refractivity (Wildman–Crippen MR) is 87.1 cm³/mol. The number of hydrogen-bond donors (Lipinski definition) is 0. The van der Waals surface area contributed by atoms with E-state index >= 15 is 0 Å². The molecular formula is C14H17Cl3O3S. The van der Waals surface area contributed by atoms with E-state index in [9.17, 15) is 8.42 Å². The average molecular weight is 372 g/mol. The van der Waals surface area contributed by atoms with E-state index in [2.05, 4.69) is 0 Å². The van der Waals surface area contributed by atoms with Crippen LogP contribution in [0.4, 0.5) is 0 Å². The van der Waals surface area contributed by atoms with Gasteiger partial charge >= 0.3 is 0 Å². The molecule has 21 heavy (non-hydrogen) atoms. The van der Waals surface area contributed by atoms with Gasteiger partial charge in [-0.25, -0.2) is 8.42 Å². The summed E-state index contributed by atoms with van der Waals surface area (Å²) < 4.78 is 28.8. The Kier molecular flexibility index (Phi) is 5.69. The second kappa shape index (κ2) is 6.95. The van der Waals surface area contributed by atoms with E-state index < -0.39 is 14.5 Å². The van der Waals surface area contributed by atoms with Crippen LogP contribution in [0, 0.1) is 5.41 Å². The number of ether oxygens (including phenoxy) is 1. The Labute approximate surface area is 139 Å². The summed E-state index contributed by atoms with van der Waals surface area (Å²) in [5.74, 6) is 0.321. The Morgan fingerprint density at radius 2 is 1.67 bits per heavy atom. The molecule has 0 bridgehead atoms. The highest BCUT2D eigenvalue weighted by atomic mass is 35.7. The molecule has 7 heteroatoms. The number of hydrogen-bond acceptors (Lipinski definition) is 3. The maximum atomic E-state index is 11.5. The molecule has 1 saturated carbocycles. The molecule has 1 aromatic rings. The molecule has 0 radical (unpaired) electrons. The summed E-state index contributed by atoms with van der Waals surface area (Å²) >= 11 is 12.1. The van der Waals surface area contributed by atoms with Crippen molar-refractivity contribution in [2.75, 3.05) is 12.4 Å². The van der Waals surface area contributed by atoms with E-state index in [4.69, 9.17) is 38.6 Å². The fourth-order valence-corrected chi connectivity index (χ4v) is 5.15. The SMILES string of the molecule is O=S(=O)(Cl)CC1(COc2c(Cl)cccc2Cl)CCCCC1. The van der Waals surface area contributed by atoms with Gasteiger partial charge in [-0.2, -0.15) is 0 Å². The number of halogens is 3. The molecule has 2 rings (SSSR count). The Hall–Kier alpha value is -0.160. The average Bonchev–Trinajstić information content (AvgIpc) is 2.37. The first-order valence-electron chi connectivity index (χ1n) is 6.81. The van der Waals surface area contributed by atoms with Crippen LogP contribution in [0.3, 0.4) is 0 Å². The Balaban J connectivity index is 2.16. The van der Waals surface area contributed by atoms with Crippen molar-refractivity contribution >= 4 is 42.9 Å². The highest BCUT2D eigenvalue weighted by Gasteiger charge is 2.37. The van der Waals surface area contributed by atoms with Crippen LogP contribution in [-0.4, -0.2) is 20.8 Å². The zero-order valence-electron chi connectivity index (χ0n) is 11.4. The Bertz CT molecular complexity index is 575. The number of benzene rings is 1. The van der Waals surface area contributed by atoms with Gasteiger partial charge in [-0.15, -0.1) is 0 Å². The molecule has 0 spiro atoms. The van der Waals surface area contributed by atoms with E-state index in [1.165, 1.54) is 0 Å². The van der Waals surface area contributed by atoms with Crippen LogP contribution in [0.2, 0.25) is 10.0 Å². The molecule has 0 unspecified atom stereocenters. The fourth-order valence-electron chi connectivity index (χ4n) is 2.84. The van der Waals surface area contributed by atoms with Crippen LogP contribution < -0.4 is 4.74 Å². The van der Waals surface area contributed by atoms with Crippen LogP contribution in [0.15, 0.2) is 18.2 Å². The summed E-state index contributed by atoms with van der Waals surface area (Å²) in [6.45, 7) is 0.252. The number of para-hydroxylation sites is 1. The monoisotopic (exact) mass is 370 g/mol. The molecular weight excluding hydrogens is 355 g/mol. The molecule has 1 aromatic carbocycles. The third-order valence-corrected chi connectivity index (χ3v) is 5.71. The van der Waals surface area contributed by atoms with Crippen molar-refractivity contribution < 1.29 is 13.2 Å². The van der Waals surface area contributed by atoms with Gasteiger partial charge in [0.1, 0.15) is 0 Å². The molecule has 1 aliphatic rings. The molecule has 1 aliphatic carbocycles. The van der Waals surface area contributed by atoms with Gasteiger partial charge in [0.2, 0.25) is 9.05 Å². The molecule has 0 aliphatic heterocycles. The standard InChI is InChI=1S/C14H17Cl3O3S/c15-11-5-4-6-12(16)13(11)20-9-14(10-21(17,18)19)7-2-1-3-8-14/h4-6H,1-3,7-10H2. The van der Waals surface area contributed by atoms with E-state index in [0.29, 0.717) is 15.8 Å². The summed E-state index contributed by atoms with van der Waals surface area (Å²) in [5, 5.41) is 0.837. The Morgan fingerprint density at radius 3 is 2.19 bits per heavy atom. The van der Waals surface area contributed by atoms with E-state index in [1.807, 2.05) is 0 Å². The first-order valence-corrected chi connectivity index (χ1v) is 10.0. The van der Waals surface area contributed by atoms with Crippen LogP contribution in [-0.2, 0) is 9.05 Å². The third kappa shape index (κ3) is 4.92. The molecule has 0 N–H and O–H groups in total. The highest BCUT2D eigenvalue weighted by Crippen LogP contribution is 2.40. The summed E-state index contributed by atoms with van der Waals surface area (Å²) in [4.78, 5) is 0. The summed E-state index contributed by atoms with van der Waals surface area (Å²) in [7, 11) is 1.88. The minimum Gasteiger partial charge on any atom is -0.490 e. The van der Waals surface area contributed by atoms with Gasteiger partial charge in [0.05, 0.1) is 22.4 Å². The molecule has 0 amide bonds. The predicted octanol–water partition coefficient (Wildman–Crippen LogP) is 4.89. The van der Waals surface area contributed by atoms with Gasteiger partial charge in [0, 0.05) is 16.1 Å². The lowest BCUT2D eigenvalue weighted by molar-refractivity contribution is 0.119. The molecule has 118 valence electrons. The molecule has 0 atom stereocenters. The van der Waals surface area contributed by atoms with Crippen LogP contribution in [0.25, 0.3) is 0 Å². The first-order chi connectivity index (χ1) is 9.81. The summed E-state index contributed by atoms with van der Waals surface area (Å²) in [6, 6.07) is 5.11. The van der Waals surface area contributed by atoms with Gasteiger partial charge < -0.3 is 4.74 Å². The maximum Gasteiger partial charge on any atom is 0.233 e. The second-order valence-electron chi connectivity index (χ2n) is 5.58. The largest absolute Gasteiger partial charge is 0.490 e. The van der Waals surface area contributed by atoms with Crippen molar-refractivity contribution in [2.45, 2.75) is 32.1 Å². The van der Waals surface area contributed by atoms with Crippen molar-refractivity contribution in [1.29, 1.82) is 0 Å². The van der Waals surface area contributed by atoms with Crippen molar-refractivity contribution in [3.63, 3.8) is 0 Å². The molecule has 0 aromatic heterocycles. The van der Waals surface area contributed by atoms with Crippen LogP contribution in [0.1, 0.15) is 32.1 Å². The van der Waals surface area contributed by atoms with Crippen molar-refractivity contribution in [3.05, 3.63) is 28.2 Å². The van der Waals surface area contributed by atoms with Gasteiger partial charge in [-0.05, 0) is 25.0 Å². The minimum atomic E-state index is -3.58. The lowest BCUT2D eigenvalue weighted by Gasteiger charge is -2.36. The van der Waals surface area contributed by atoms with Crippen LogP contribution in [0.5, 0.6) is 5.75 Å². The van der Waals surface area contributed by atoms with E-state index in [-0.39, 0.29) is 12.4 Å². The van der Waals surface area contributed by atoms with E-state index in [1.54, 1.807) is 18.2 Å². The van der Waals surface area contributed by atoms with Crippen LogP contribution >= 0.6 is 33.9 Å². The third-order valence-electron chi connectivity index (χ3n) is 3.83. The summed E-state index contributed by atoms with van der Waals surface area (Å²) in [6.07, 6.45) is 4.62. The van der Waals surface area contributed by atoms with Crippen molar-refractivity contribution in [2.24, 2.45) is 5.41 Å². The zero-order chi connectivity index (χ0) is 15.5. The fraction of sp³-hybridized carbons (Fsp3) is 0.571. The topological polar surface area (TPSA) is 43.4 Å². The molecule has 1 fully saturated rings. The maximum absolute atomic E-state index is 11.5.